The van der Waals surface area contributed by atoms with Gasteiger partial charge >= 0.3 is 0 Å². The summed E-state index contributed by atoms with van der Waals surface area (Å²) in [5, 5.41) is 3.00. The van der Waals surface area contributed by atoms with Gasteiger partial charge in [0, 0.05) is 30.9 Å². The summed E-state index contributed by atoms with van der Waals surface area (Å²) in [5.41, 5.74) is 7.00. The number of thiocarbonyl (C=S) groups is 1. The van der Waals surface area contributed by atoms with Crippen LogP contribution in [0, 0.1) is 5.41 Å². The monoisotopic (exact) mass is 292 g/mol. The van der Waals surface area contributed by atoms with E-state index in [2.05, 4.69) is 12.2 Å². The lowest BCUT2D eigenvalue weighted by molar-refractivity contribution is 0.0238. The molecule has 1 aromatic rings. The lowest BCUT2D eigenvalue weighted by atomic mass is 9.82. The van der Waals surface area contributed by atoms with Crippen LogP contribution in [0.2, 0.25) is 0 Å². The third-order valence-electron chi connectivity index (χ3n) is 3.78. The van der Waals surface area contributed by atoms with E-state index < -0.39 is 0 Å². The maximum Gasteiger partial charge on any atom is 0.251 e. The Kier molecular flexibility index (Phi) is 4.73. The van der Waals surface area contributed by atoms with Crippen LogP contribution in [0.5, 0.6) is 0 Å². The van der Waals surface area contributed by atoms with Gasteiger partial charge in [-0.05, 0) is 30.4 Å². The molecule has 0 bridgehead atoms. The Bertz CT molecular complexity index is 510. The minimum Gasteiger partial charge on any atom is -0.389 e. The minimum absolute atomic E-state index is 0.0872. The SMILES string of the molecule is CC1(CNC(=O)c2cccc(C(N)=S)c2)CCOCC1. The smallest absolute Gasteiger partial charge is 0.251 e. The second kappa shape index (κ2) is 6.33. The lowest BCUT2D eigenvalue weighted by Gasteiger charge is -2.33. The normalized spacial score (nSPS) is 17.4. The third kappa shape index (κ3) is 3.77. The van der Waals surface area contributed by atoms with Gasteiger partial charge in [-0.25, -0.2) is 0 Å². The van der Waals surface area contributed by atoms with Crippen molar-refractivity contribution in [3.8, 4) is 0 Å². The second-order valence-electron chi connectivity index (χ2n) is 5.55. The molecule has 2 rings (SSSR count). The van der Waals surface area contributed by atoms with Gasteiger partial charge in [-0.1, -0.05) is 31.3 Å². The van der Waals surface area contributed by atoms with E-state index in [1.807, 2.05) is 0 Å². The Morgan fingerprint density at radius 2 is 2.05 bits per heavy atom. The maximum absolute atomic E-state index is 12.2. The van der Waals surface area contributed by atoms with Crippen molar-refractivity contribution >= 4 is 23.1 Å². The van der Waals surface area contributed by atoms with E-state index in [9.17, 15) is 4.79 Å². The van der Waals surface area contributed by atoms with Crippen LogP contribution in [0.1, 0.15) is 35.7 Å². The largest absolute Gasteiger partial charge is 0.389 e. The maximum atomic E-state index is 12.2. The van der Waals surface area contributed by atoms with Crippen LogP contribution in [-0.4, -0.2) is 30.7 Å². The van der Waals surface area contributed by atoms with Gasteiger partial charge in [0.1, 0.15) is 4.99 Å². The molecule has 20 heavy (non-hydrogen) atoms. The van der Waals surface area contributed by atoms with Crippen molar-refractivity contribution in [2.75, 3.05) is 19.8 Å². The Morgan fingerprint density at radius 3 is 2.70 bits per heavy atom. The first-order valence-corrected chi connectivity index (χ1v) is 7.17. The average molecular weight is 292 g/mol. The summed E-state index contributed by atoms with van der Waals surface area (Å²) in [5.74, 6) is -0.0872. The Labute approximate surface area is 124 Å². The van der Waals surface area contributed by atoms with Crippen LogP contribution >= 0.6 is 12.2 Å². The van der Waals surface area contributed by atoms with Crippen LogP contribution in [0.25, 0.3) is 0 Å². The van der Waals surface area contributed by atoms with Crippen molar-refractivity contribution in [2.24, 2.45) is 11.1 Å². The molecule has 1 aromatic carbocycles. The van der Waals surface area contributed by atoms with Crippen LogP contribution in [0.4, 0.5) is 0 Å². The van der Waals surface area contributed by atoms with Gasteiger partial charge in [0.25, 0.3) is 5.91 Å². The van der Waals surface area contributed by atoms with Crippen molar-refractivity contribution in [1.82, 2.24) is 5.32 Å². The van der Waals surface area contributed by atoms with Crippen molar-refractivity contribution in [3.63, 3.8) is 0 Å². The predicted molar refractivity (Wildman–Crippen MR) is 82.8 cm³/mol. The summed E-state index contributed by atoms with van der Waals surface area (Å²) in [7, 11) is 0. The summed E-state index contributed by atoms with van der Waals surface area (Å²) >= 11 is 4.93. The zero-order valence-corrected chi connectivity index (χ0v) is 12.5. The van der Waals surface area contributed by atoms with E-state index in [1.54, 1.807) is 24.3 Å². The highest BCUT2D eigenvalue weighted by Gasteiger charge is 2.27. The molecule has 5 heteroatoms. The van der Waals surface area contributed by atoms with Crippen molar-refractivity contribution in [2.45, 2.75) is 19.8 Å². The molecule has 0 atom stereocenters. The number of carbonyl (C=O) groups is 1. The number of carbonyl (C=O) groups excluding carboxylic acids is 1. The van der Waals surface area contributed by atoms with Crippen LogP contribution in [-0.2, 0) is 4.74 Å². The van der Waals surface area contributed by atoms with E-state index >= 15 is 0 Å². The Morgan fingerprint density at radius 1 is 1.40 bits per heavy atom. The number of hydrogen-bond donors (Lipinski definition) is 2. The van der Waals surface area contributed by atoms with Gasteiger partial charge in [-0.3, -0.25) is 4.79 Å². The van der Waals surface area contributed by atoms with Gasteiger partial charge < -0.3 is 15.8 Å². The molecule has 1 aliphatic rings. The third-order valence-corrected chi connectivity index (χ3v) is 4.02. The first-order valence-electron chi connectivity index (χ1n) is 6.76. The zero-order chi connectivity index (χ0) is 14.6. The summed E-state index contributed by atoms with van der Waals surface area (Å²) in [6, 6.07) is 7.09. The Balaban J connectivity index is 1.98. The van der Waals surface area contributed by atoms with Gasteiger partial charge in [0.2, 0.25) is 0 Å². The first-order chi connectivity index (χ1) is 9.50. The molecule has 0 aliphatic carbocycles. The molecule has 0 saturated carbocycles. The molecule has 0 unspecified atom stereocenters. The quantitative estimate of drug-likeness (QED) is 0.832. The molecule has 1 saturated heterocycles. The van der Waals surface area contributed by atoms with Crippen LogP contribution in [0.3, 0.4) is 0 Å². The van der Waals surface area contributed by atoms with Gasteiger partial charge in [-0.15, -0.1) is 0 Å². The Hall–Kier alpha value is -1.46. The molecule has 0 radical (unpaired) electrons. The number of benzene rings is 1. The van der Waals surface area contributed by atoms with E-state index in [4.69, 9.17) is 22.7 Å². The van der Waals surface area contributed by atoms with E-state index in [-0.39, 0.29) is 11.3 Å². The number of nitrogens with two attached hydrogens (primary N) is 1. The highest BCUT2D eigenvalue weighted by atomic mass is 32.1. The summed E-state index contributed by atoms with van der Waals surface area (Å²) in [4.78, 5) is 12.5. The predicted octanol–water partition coefficient (Wildman–Crippen LogP) is 1.87. The van der Waals surface area contributed by atoms with Gasteiger partial charge in [-0.2, -0.15) is 0 Å². The highest BCUT2D eigenvalue weighted by Crippen LogP contribution is 2.28. The summed E-state index contributed by atoms with van der Waals surface area (Å²) < 4.78 is 5.36. The molecule has 4 nitrogen and oxygen atoms in total. The van der Waals surface area contributed by atoms with Crippen molar-refractivity contribution in [1.29, 1.82) is 0 Å². The molecule has 1 amide bonds. The molecule has 1 heterocycles. The molecule has 108 valence electrons. The minimum atomic E-state index is -0.0872. The topological polar surface area (TPSA) is 64.4 Å². The fourth-order valence-electron chi connectivity index (χ4n) is 2.25. The molecule has 1 aliphatic heterocycles. The first kappa shape index (κ1) is 14.9. The second-order valence-corrected chi connectivity index (χ2v) is 5.99. The fourth-order valence-corrected chi connectivity index (χ4v) is 2.38. The van der Waals surface area contributed by atoms with E-state index in [0.29, 0.717) is 22.7 Å². The summed E-state index contributed by atoms with van der Waals surface area (Å²) in [6.45, 7) is 4.38. The fraction of sp³-hybridized carbons (Fsp3) is 0.467. The van der Waals surface area contributed by atoms with Gasteiger partial charge in [0.05, 0.1) is 0 Å². The molecule has 1 fully saturated rings. The number of hydrogen-bond acceptors (Lipinski definition) is 3. The van der Waals surface area contributed by atoms with Crippen molar-refractivity contribution in [3.05, 3.63) is 35.4 Å². The number of ether oxygens (including phenoxy) is 1. The highest BCUT2D eigenvalue weighted by molar-refractivity contribution is 7.80. The molecule has 3 N–H and O–H groups in total. The molecule has 0 aromatic heterocycles. The number of rotatable bonds is 4. The van der Waals surface area contributed by atoms with Crippen LogP contribution < -0.4 is 11.1 Å². The lowest BCUT2D eigenvalue weighted by Crippen LogP contribution is -2.39. The molecular formula is C15H20N2O2S. The number of nitrogens with one attached hydrogen (secondary N) is 1. The zero-order valence-electron chi connectivity index (χ0n) is 11.6. The van der Waals surface area contributed by atoms with Crippen LogP contribution in [0.15, 0.2) is 24.3 Å². The van der Waals surface area contributed by atoms with E-state index in [0.717, 1.165) is 26.1 Å². The number of amides is 1. The summed E-state index contributed by atoms with van der Waals surface area (Å²) in [6.07, 6.45) is 1.94. The molecule has 0 spiro atoms. The van der Waals surface area contributed by atoms with Gasteiger partial charge in [0.15, 0.2) is 0 Å². The van der Waals surface area contributed by atoms with E-state index in [1.165, 1.54) is 0 Å². The average Bonchev–Trinajstić information content (AvgIpc) is 2.46. The van der Waals surface area contributed by atoms with Crippen molar-refractivity contribution < 1.29 is 9.53 Å². The molecular weight excluding hydrogens is 272 g/mol. The standard InChI is InChI=1S/C15H20N2O2S/c1-15(5-7-19-8-6-15)10-17-14(18)12-4-2-3-11(9-12)13(16)20/h2-4,9H,5-8,10H2,1H3,(H2,16,20)(H,17,18).